The van der Waals surface area contributed by atoms with Gasteiger partial charge < -0.3 is 9.84 Å². The zero-order valence-electron chi connectivity index (χ0n) is 9.44. The fourth-order valence-corrected chi connectivity index (χ4v) is 1.48. The van der Waals surface area contributed by atoms with Gasteiger partial charge in [-0.05, 0) is 20.8 Å². The third kappa shape index (κ3) is 2.29. The maximum Gasteiger partial charge on any atom is 0.308 e. The number of aryl methyl sites for hydroxylation is 1. The molecule has 0 radical (unpaired) electrons. The minimum atomic E-state index is -0.875. The van der Waals surface area contributed by atoms with Crippen LogP contribution < -0.4 is 4.74 Å². The maximum absolute atomic E-state index is 10.7. The number of hydrogen-bond donors (Lipinski definition) is 1. The molecule has 0 aliphatic carbocycles. The van der Waals surface area contributed by atoms with E-state index in [1.807, 2.05) is 13.8 Å². The van der Waals surface area contributed by atoms with Crippen LogP contribution in [0.4, 0.5) is 0 Å². The Bertz CT molecular complexity index is 369. The second-order valence-corrected chi connectivity index (χ2v) is 3.68. The first kappa shape index (κ1) is 11.6. The largest absolute Gasteiger partial charge is 0.481 e. The van der Waals surface area contributed by atoms with E-state index in [1.54, 1.807) is 11.6 Å². The lowest BCUT2D eigenvalue weighted by molar-refractivity contribution is -0.136. The molecule has 5 heteroatoms. The van der Waals surface area contributed by atoms with Gasteiger partial charge in [0.1, 0.15) is 0 Å². The van der Waals surface area contributed by atoms with Gasteiger partial charge in [-0.3, -0.25) is 4.79 Å². The summed E-state index contributed by atoms with van der Waals surface area (Å²) in [7, 11) is 1.53. The molecule has 1 rings (SSSR count). The second kappa shape index (κ2) is 4.33. The standard InChI is InChI=1S/C10H16N2O3/c1-6(2)12-10(15-4)8(5-9(13)14)7(3)11-12/h6H,5H2,1-4H3,(H,13,14). The summed E-state index contributed by atoms with van der Waals surface area (Å²) in [6, 6.07) is 0.154. The second-order valence-electron chi connectivity index (χ2n) is 3.68. The van der Waals surface area contributed by atoms with E-state index in [1.165, 1.54) is 7.11 Å². The van der Waals surface area contributed by atoms with Crippen molar-refractivity contribution in [2.45, 2.75) is 33.2 Å². The van der Waals surface area contributed by atoms with E-state index in [4.69, 9.17) is 9.84 Å². The summed E-state index contributed by atoms with van der Waals surface area (Å²) in [6.45, 7) is 5.73. The molecule has 1 aromatic heterocycles. The lowest BCUT2D eigenvalue weighted by Gasteiger charge is -2.10. The molecule has 5 nitrogen and oxygen atoms in total. The molecule has 0 saturated heterocycles. The van der Waals surface area contributed by atoms with Crippen molar-refractivity contribution >= 4 is 5.97 Å². The summed E-state index contributed by atoms with van der Waals surface area (Å²) in [6.07, 6.45) is -0.0538. The van der Waals surface area contributed by atoms with Crippen molar-refractivity contribution in [1.82, 2.24) is 9.78 Å². The average Bonchev–Trinajstić information content (AvgIpc) is 2.43. The summed E-state index contributed by atoms with van der Waals surface area (Å²) >= 11 is 0. The highest BCUT2D eigenvalue weighted by atomic mass is 16.5. The third-order valence-corrected chi connectivity index (χ3v) is 2.17. The minimum Gasteiger partial charge on any atom is -0.481 e. The van der Waals surface area contributed by atoms with Crippen molar-refractivity contribution in [3.63, 3.8) is 0 Å². The Morgan fingerprint density at radius 3 is 2.60 bits per heavy atom. The molecule has 0 saturated carbocycles. The highest BCUT2D eigenvalue weighted by Crippen LogP contribution is 2.25. The molecule has 0 aromatic carbocycles. The van der Waals surface area contributed by atoms with Crippen molar-refractivity contribution in [2.75, 3.05) is 7.11 Å². The van der Waals surface area contributed by atoms with Crippen molar-refractivity contribution in [2.24, 2.45) is 0 Å². The summed E-state index contributed by atoms with van der Waals surface area (Å²) < 4.78 is 6.90. The highest BCUT2D eigenvalue weighted by Gasteiger charge is 2.19. The zero-order chi connectivity index (χ0) is 11.6. The Balaban J connectivity index is 3.19. The molecular formula is C10H16N2O3. The number of nitrogens with zero attached hydrogens (tertiary/aromatic N) is 2. The van der Waals surface area contributed by atoms with Crippen LogP contribution in [-0.2, 0) is 11.2 Å². The van der Waals surface area contributed by atoms with Gasteiger partial charge in [0.25, 0.3) is 0 Å². The number of aromatic nitrogens is 2. The van der Waals surface area contributed by atoms with Gasteiger partial charge in [0, 0.05) is 5.56 Å². The monoisotopic (exact) mass is 212 g/mol. The van der Waals surface area contributed by atoms with Gasteiger partial charge in [-0.2, -0.15) is 5.10 Å². The number of rotatable bonds is 4. The smallest absolute Gasteiger partial charge is 0.308 e. The number of aliphatic carboxylic acids is 1. The van der Waals surface area contributed by atoms with E-state index in [0.717, 1.165) is 0 Å². The van der Waals surface area contributed by atoms with Crippen LogP contribution in [-0.4, -0.2) is 28.0 Å². The van der Waals surface area contributed by atoms with Crippen molar-refractivity contribution in [3.05, 3.63) is 11.3 Å². The van der Waals surface area contributed by atoms with Gasteiger partial charge in [-0.1, -0.05) is 0 Å². The van der Waals surface area contributed by atoms with Crippen LogP contribution in [0.1, 0.15) is 31.1 Å². The van der Waals surface area contributed by atoms with E-state index in [9.17, 15) is 4.79 Å². The van der Waals surface area contributed by atoms with Crippen LogP contribution in [0.15, 0.2) is 0 Å². The van der Waals surface area contributed by atoms with E-state index in [2.05, 4.69) is 5.10 Å². The number of methoxy groups -OCH3 is 1. The van der Waals surface area contributed by atoms with Crippen LogP contribution in [0.2, 0.25) is 0 Å². The van der Waals surface area contributed by atoms with Gasteiger partial charge >= 0.3 is 5.97 Å². The summed E-state index contributed by atoms with van der Waals surface area (Å²) in [5, 5.41) is 13.0. The SMILES string of the molecule is COc1c(CC(=O)O)c(C)nn1C(C)C. The van der Waals surface area contributed by atoms with Gasteiger partial charge in [0.2, 0.25) is 5.88 Å². The van der Waals surface area contributed by atoms with Gasteiger partial charge in [-0.25, -0.2) is 4.68 Å². The number of carboxylic acids is 1. The molecule has 15 heavy (non-hydrogen) atoms. The summed E-state index contributed by atoms with van der Waals surface area (Å²) in [4.78, 5) is 10.7. The van der Waals surface area contributed by atoms with Crippen LogP contribution in [0, 0.1) is 6.92 Å². The molecule has 1 N–H and O–H groups in total. The number of carboxylic acid groups (broad SMARTS) is 1. The van der Waals surface area contributed by atoms with Gasteiger partial charge in [-0.15, -0.1) is 0 Å². The molecule has 0 atom stereocenters. The lowest BCUT2D eigenvalue weighted by Crippen LogP contribution is -2.07. The Morgan fingerprint density at radius 2 is 2.20 bits per heavy atom. The molecule has 0 amide bonds. The predicted molar refractivity (Wildman–Crippen MR) is 55.2 cm³/mol. The molecule has 0 fully saturated rings. The molecule has 0 aliphatic heterocycles. The Hall–Kier alpha value is -1.52. The number of hydrogen-bond acceptors (Lipinski definition) is 3. The normalized spacial score (nSPS) is 10.7. The van der Waals surface area contributed by atoms with E-state index < -0.39 is 5.97 Å². The summed E-state index contributed by atoms with van der Waals surface area (Å²) in [5.74, 6) is -0.329. The van der Waals surface area contributed by atoms with Gasteiger partial charge in [0.15, 0.2) is 0 Å². The molecule has 0 unspecified atom stereocenters. The molecule has 1 heterocycles. The predicted octanol–water partition coefficient (Wildman–Crippen LogP) is 1.41. The molecule has 84 valence electrons. The minimum absolute atomic E-state index is 0.0538. The molecule has 1 aromatic rings. The fourth-order valence-electron chi connectivity index (χ4n) is 1.48. The van der Waals surface area contributed by atoms with E-state index in [-0.39, 0.29) is 12.5 Å². The molecular weight excluding hydrogens is 196 g/mol. The van der Waals surface area contributed by atoms with Crippen molar-refractivity contribution in [1.29, 1.82) is 0 Å². The quantitative estimate of drug-likeness (QED) is 0.819. The Labute approximate surface area is 88.7 Å². The van der Waals surface area contributed by atoms with Crippen LogP contribution in [0.3, 0.4) is 0 Å². The summed E-state index contributed by atoms with van der Waals surface area (Å²) in [5.41, 5.74) is 1.36. The zero-order valence-corrected chi connectivity index (χ0v) is 9.44. The fraction of sp³-hybridized carbons (Fsp3) is 0.600. The Kier molecular flexibility index (Phi) is 3.34. The first-order chi connectivity index (χ1) is 6.97. The number of carbonyl (C=O) groups is 1. The first-order valence-electron chi connectivity index (χ1n) is 4.81. The van der Waals surface area contributed by atoms with Crippen LogP contribution in [0.5, 0.6) is 5.88 Å². The average molecular weight is 212 g/mol. The van der Waals surface area contributed by atoms with Crippen molar-refractivity contribution in [3.8, 4) is 5.88 Å². The number of ether oxygens (including phenoxy) is 1. The van der Waals surface area contributed by atoms with Gasteiger partial charge in [0.05, 0.1) is 25.3 Å². The van der Waals surface area contributed by atoms with Crippen LogP contribution in [0.25, 0.3) is 0 Å². The molecule has 0 aliphatic rings. The van der Waals surface area contributed by atoms with E-state index >= 15 is 0 Å². The maximum atomic E-state index is 10.7. The van der Waals surface area contributed by atoms with Crippen molar-refractivity contribution < 1.29 is 14.6 Å². The molecule has 0 spiro atoms. The first-order valence-corrected chi connectivity index (χ1v) is 4.81. The Morgan fingerprint density at radius 1 is 1.60 bits per heavy atom. The third-order valence-electron chi connectivity index (χ3n) is 2.17. The topological polar surface area (TPSA) is 64.3 Å². The lowest BCUT2D eigenvalue weighted by atomic mass is 10.2. The highest BCUT2D eigenvalue weighted by molar-refractivity contribution is 5.71. The van der Waals surface area contributed by atoms with E-state index in [0.29, 0.717) is 17.1 Å². The van der Waals surface area contributed by atoms with Crippen LogP contribution >= 0.6 is 0 Å². The molecule has 0 bridgehead atoms.